The Balaban J connectivity index is 1.60. The third-order valence-electron chi connectivity index (χ3n) is 5.20. The SMILES string of the molecule is CC1(NC(=O)C2CCN(S(=O)(=O)c3ccc(Cl)cc3)CC2)CCS(=O)(=O)C1. The highest BCUT2D eigenvalue weighted by molar-refractivity contribution is 7.91. The van der Waals surface area contributed by atoms with Gasteiger partial charge in [0.2, 0.25) is 15.9 Å². The second kappa shape index (κ2) is 7.35. The molecule has 3 rings (SSSR count). The first-order valence-electron chi connectivity index (χ1n) is 8.79. The third kappa shape index (κ3) is 4.64. The van der Waals surface area contributed by atoms with Crippen LogP contribution in [0.4, 0.5) is 0 Å². The molecule has 2 fully saturated rings. The second-order valence-corrected chi connectivity index (χ2v) is 12.1. The van der Waals surface area contributed by atoms with Crippen molar-refractivity contribution in [3.8, 4) is 0 Å². The summed E-state index contributed by atoms with van der Waals surface area (Å²) in [5.74, 6) is -0.475. The Morgan fingerprint density at radius 2 is 1.81 bits per heavy atom. The van der Waals surface area contributed by atoms with E-state index in [1.807, 2.05) is 0 Å². The lowest BCUT2D eigenvalue weighted by Gasteiger charge is -2.33. The first kappa shape index (κ1) is 20.6. The van der Waals surface area contributed by atoms with Crippen molar-refractivity contribution in [3.05, 3.63) is 29.3 Å². The molecule has 0 spiro atoms. The molecule has 0 aromatic heterocycles. The van der Waals surface area contributed by atoms with Crippen LogP contribution in [0.15, 0.2) is 29.2 Å². The average Bonchev–Trinajstić information content (AvgIpc) is 2.88. The van der Waals surface area contributed by atoms with E-state index in [0.717, 1.165) is 0 Å². The Hall–Kier alpha value is -1.16. The first-order chi connectivity index (χ1) is 12.5. The number of nitrogens with one attached hydrogen (secondary N) is 1. The predicted octanol–water partition coefficient (Wildman–Crippen LogP) is 1.43. The molecule has 0 aliphatic carbocycles. The van der Waals surface area contributed by atoms with Gasteiger partial charge in [-0.3, -0.25) is 4.79 Å². The average molecular weight is 435 g/mol. The topological polar surface area (TPSA) is 101 Å². The quantitative estimate of drug-likeness (QED) is 0.772. The van der Waals surface area contributed by atoms with E-state index in [-0.39, 0.29) is 41.3 Å². The molecular weight excluding hydrogens is 412 g/mol. The molecule has 1 N–H and O–H groups in total. The molecule has 2 heterocycles. The van der Waals surface area contributed by atoms with Crippen LogP contribution in [0.5, 0.6) is 0 Å². The highest BCUT2D eigenvalue weighted by atomic mass is 35.5. The molecule has 2 aliphatic rings. The molecule has 1 unspecified atom stereocenters. The number of sulfonamides is 1. The fourth-order valence-corrected chi connectivity index (χ4v) is 7.31. The van der Waals surface area contributed by atoms with E-state index in [2.05, 4.69) is 5.32 Å². The minimum Gasteiger partial charge on any atom is -0.350 e. The summed E-state index contributed by atoms with van der Waals surface area (Å²) in [6.07, 6.45) is 1.22. The zero-order valence-corrected chi connectivity index (χ0v) is 17.4. The summed E-state index contributed by atoms with van der Waals surface area (Å²) in [5, 5.41) is 3.34. The van der Waals surface area contributed by atoms with E-state index < -0.39 is 25.4 Å². The van der Waals surface area contributed by atoms with Crippen molar-refractivity contribution in [2.24, 2.45) is 5.92 Å². The summed E-state index contributed by atoms with van der Waals surface area (Å²) in [6.45, 7) is 2.24. The van der Waals surface area contributed by atoms with Crippen LogP contribution in [-0.2, 0) is 24.7 Å². The van der Waals surface area contributed by atoms with E-state index in [0.29, 0.717) is 24.3 Å². The van der Waals surface area contributed by atoms with E-state index >= 15 is 0 Å². The van der Waals surface area contributed by atoms with Gasteiger partial charge in [-0.25, -0.2) is 16.8 Å². The molecule has 1 aromatic rings. The monoisotopic (exact) mass is 434 g/mol. The summed E-state index contributed by atoms with van der Waals surface area (Å²) in [5.41, 5.74) is -0.734. The van der Waals surface area contributed by atoms with E-state index in [1.165, 1.54) is 28.6 Å². The molecule has 0 radical (unpaired) electrons. The Morgan fingerprint density at radius 3 is 2.33 bits per heavy atom. The maximum Gasteiger partial charge on any atom is 0.243 e. The Morgan fingerprint density at radius 1 is 1.22 bits per heavy atom. The van der Waals surface area contributed by atoms with Gasteiger partial charge in [-0.05, 0) is 50.5 Å². The van der Waals surface area contributed by atoms with Crippen LogP contribution in [-0.4, -0.2) is 57.2 Å². The lowest BCUT2D eigenvalue weighted by atomic mass is 9.94. The number of carbonyl (C=O) groups is 1. The minimum absolute atomic E-state index is 0.0461. The molecular formula is C17H23ClN2O5S2. The van der Waals surface area contributed by atoms with Crippen LogP contribution in [0.3, 0.4) is 0 Å². The van der Waals surface area contributed by atoms with E-state index in [1.54, 1.807) is 6.92 Å². The molecule has 150 valence electrons. The fourth-order valence-electron chi connectivity index (χ4n) is 3.62. The first-order valence-corrected chi connectivity index (χ1v) is 12.4. The van der Waals surface area contributed by atoms with Gasteiger partial charge in [0.25, 0.3) is 0 Å². The largest absolute Gasteiger partial charge is 0.350 e. The van der Waals surface area contributed by atoms with Crippen molar-refractivity contribution < 1.29 is 21.6 Å². The van der Waals surface area contributed by atoms with Gasteiger partial charge in [0.1, 0.15) is 0 Å². The van der Waals surface area contributed by atoms with Crippen molar-refractivity contribution in [1.29, 1.82) is 0 Å². The van der Waals surface area contributed by atoms with Crippen LogP contribution in [0.2, 0.25) is 5.02 Å². The molecule has 0 saturated carbocycles. The van der Waals surface area contributed by atoms with Crippen molar-refractivity contribution in [1.82, 2.24) is 9.62 Å². The number of sulfone groups is 1. The standard InChI is InChI=1S/C17H23ClN2O5S2/c1-17(8-11-26(22,23)12-17)19-16(21)13-6-9-20(10-7-13)27(24,25)15-4-2-14(18)3-5-15/h2-5,13H,6-12H2,1H3,(H,19,21). The maximum absolute atomic E-state index is 12.7. The zero-order chi connectivity index (χ0) is 19.9. The van der Waals surface area contributed by atoms with E-state index in [9.17, 15) is 21.6 Å². The van der Waals surface area contributed by atoms with Crippen molar-refractivity contribution >= 4 is 37.4 Å². The number of carbonyl (C=O) groups excluding carboxylic acids is 1. The molecule has 1 atom stereocenters. The van der Waals surface area contributed by atoms with Gasteiger partial charge < -0.3 is 5.32 Å². The van der Waals surface area contributed by atoms with Crippen LogP contribution < -0.4 is 5.32 Å². The van der Waals surface area contributed by atoms with Gasteiger partial charge in [-0.15, -0.1) is 0 Å². The predicted molar refractivity (Wildman–Crippen MR) is 103 cm³/mol. The summed E-state index contributed by atoms with van der Waals surface area (Å²) in [7, 11) is -6.72. The number of rotatable bonds is 4. The fraction of sp³-hybridized carbons (Fsp3) is 0.588. The van der Waals surface area contributed by atoms with Gasteiger partial charge >= 0.3 is 0 Å². The molecule has 10 heteroatoms. The van der Waals surface area contributed by atoms with Crippen molar-refractivity contribution in [3.63, 3.8) is 0 Å². The van der Waals surface area contributed by atoms with Crippen molar-refractivity contribution in [2.75, 3.05) is 24.6 Å². The van der Waals surface area contributed by atoms with Crippen LogP contribution in [0.1, 0.15) is 26.2 Å². The lowest BCUT2D eigenvalue weighted by Crippen LogP contribution is -2.51. The third-order valence-corrected chi connectivity index (χ3v) is 9.27. The van der Waals surface area contributed by atoms with Crippen LogP contribution >= 0.6 is 11.6 Å². The summed E-state index contributed by atoms with van der Waals surface area (Å²) in [4.78, 5) is 12.7. The molecule has 27 heavy (non-hydrogen) atoms. The van der Waals surface area contributed by atoms with Gasteiger partial charge in [-0.2, -0.15) is 4.31 Å². The van der Waals surface area contributed by atoms with Gasteiger partial charge in [-0.1, -0.05) is 11.6 Å². The Kier molecular flexibility index (Phi) is 5.60. The number of hydrogen-bond acceptors (Lipinski definition) is 5. The Labute approximate surface area is 165 Å². The number of halogens is 1. The summed E-state index contributed by atoms with van der Waals surface area (Å²) >= 11 is 5.81. The zero-order valence-electron chi connectivity index (χ0n) is 15.0. The van der Waals surface area contributed by atoms with Crippen molar-refractivity contribution in [2.45, 2.75) is 36.6 Å². The molecule has 7 nitrogen and oxygen atoms in total. The van der Waals surface area contributed by atoms with Gasteiger partial charge in [0, 0.05) is 24.0 Å². The smallest absolute Gasteiger partial charge is 0.243 e. The second-order valence-electron chi connectivity index (χ2n) is 7.52. The summed E-state index contributed by atoms with van der Waals surface area (Å²) in [6, 6.07) is 6.01. The molecule has 2 aliphatic heterocycles. The maximum atomic E-state index is 12.7. The molecule has 2 saturated heterocycles. The molecule has 1 amide bonds. The molecule has 1 aromatic carbocycles. The number of amides is 1. The summed E-state index contributed by atoms with van der Waals surface area (Å²) < 4.78 is 50.1. The lowest BCUT2D eigenvalue weighted by molar-refractivity contribution is -0.127. The number of benzene rings is 1. The number of hydrogen-bond donors (Lipinski definition) is 1. The van der Waals surface area contributed by atoms with Gasteiger partial charge in [0.15, 0.2) is 9.84 Å². The number of nitrogens with zero attached hydrogens (tertiary/aromatic N) is 1. The molecule has 0 bridgehead atoms. The van der Waals surface area contributed by atoms with Gasteiger partial charge in [0.05, 0.1) is 21.9 Å². The Bertz CT molecular complexity index is 923. The highest BCUT2D eigenvalue weighted by Gasteiger charge is 2.41. The highest BCUT2D eigenvalue weighted by Crippen LogP contribution is 2.27. The normalized spacial score (nSPS) is 26.7. The van der Waals surface area contributed by atoms with Crippen LogP contribution in [0.25, 0.3) is 0 Å². The number of piperidine rings is 1. The minimum atomic E-state index is -3.61. The van der Waals surface area contributed by atoms with E-state index in [4.69, 9.17) is 11.6 Å². The van der Waals surface area contributed by atoms with Crippen LogP contribution in [0, 0.1) is 5.92 Å².